The number of aliphatic hydroxyl groups is 2. The van der Waals surface area contributed by atoms with Gasteiger partial charge in [-0.1, -0.05) is 0 Å². The molecular weight excluding hydrogens is 202 g/mol. The quantitative estimate of drug-likeness (QED) is 0.421. The first-order valence-corrected chi connectivity index (χ1v) is 4.67. The summed E-state index contributed by atoms with van der Waals surface area (Å²) in [5, 5.41) is 20.4. The molecule has 0 radical (unpaired) electrons. The molecule has 0 aliphatic carbocycles. The van der Waals surface area contributed by atoms with Crippen molar-refractivity contribution < 1.29 is 19.8 Å². The van der Waals surface area contributed by atoms with Gasteiger partial charge in [-0.25, -0.2) is 4.79 Å². The third-order valence-corrected chi connectivity index (χ3v) is 2.25. The van der Waals surface area contributed by atoms with Gasteiger partial charge in [0.1, 0.15) is 0 Å². The number of likely N-dealkylation sites (tertiary alicyclic amines) is 1. The lowest BCUT2D eigenvalue weighted by atomic mass is 10.3. The van der Waals surface area contributed by atoms with Gasteiger partial charge in [0.05, 0.1) is 12.2 Å². The standard InChI is InChI=1S/C8H15N3O4/c9-8(15)10-7(14)1-2-11-3-5(12)6(13)4-11/h5-6,12-13H,1-4H2,(H3,9,10,14,15). The van der Waals surface area contributed by atoms with Gasteiger partial charge in [0.15, 0.2) is 0 Å². The fourth-order valence-corrected chi connectivity index (χ4v) is 1.49. The summed E-state index contributed by atoms with van der Waals surface area (Å²) in [6.07, 6.45) is -1.41. The van der Waals surface area contributed by atoms with Gasteiger partial charge in [0.25, 0.3) is 0 Å². The number of nitrogens with one attached hydrogen (secondary N) is 1. The molecule has 1 fully saturated rings. The maximum Gasteiger partial charge on any atom is 0.318 e. The molecule has 1 heterocycles. The van der Waals surface area contributed by atoms with Crippen molar-refractivity contribution in [1.82, 2.24) is 10.2 Å². The normalized spacial score (nSPS) is 26.5. The topological polar surface area (TPSA) is 116 Å². The Morgan fingerprint density at radius 3 is 2.33 bits per heavy atom. The number of β-amino-alcohol motifs (C(OH)–C–C–N with tert-alkyl or cyclic N) is 2. The minimum absolute atomic E-state index is 0.113. The highest BCUT2D eigenvalue weighted by molar-refractivity contribution is 5.93. The predicted octanol–water partition coefficient (Wildman–Crippen LogP) is -2.39. The molecule has 7 heteroatoms. The highest BCUT2D eigenvalue weighted by atomic mass is 16.3. The molecule has 7 nitrogen and oxygen atoms in total. The highest BCUT2D eigenvalue weighted by Gasteiger charge is 2.29. The van der Waals surface area contributed by atoms with Crippen LogP contribution < -0.4 is 11.1 Å². The minimum atomic E-state index is -0.874. The van der Waals surface area contributed by atoms with E-state index < -0.39 is 24.1 Å². The summed E-state index contributed by atoms with van der Waals surface area (Å²) in [7, 11) is 0. The molecule has 0 saturated carbocycles. The Labute approximate surface area is 86.8 Å². The van der Waals surface area contributed by atoms with Crippen LogP contribution in [0.5, 0.6) is 0 Å². The van der Waals surface area contributed by atoms with Gasteiger partial charge >= 0.3 is 6.03 Å². The Kier molecular flexibility index (Phi) is 4.01. The number of urea groups is 1. The lowest BCUT2D eigenvalue weighted by Crippen LogP contribution is -2.37. The Morgan fingerprint density at radius 2 is 1.87 bits per heavy atom. The molecule has 0 bridgehead atoms. The number of rotatable bonds is 3. The summed E-state index contributed by atoms with van der Waals surface area (Å²) in [6.45, 7) is 1.06. The molecule has 1 aliphatic heterocycles. The zero-order valence-electron chi connectivity index (χ0n) is 8.22. The molecule has 2 atom stereocenters. The summed E-state index contributed by atoms with van der Waals surface area (Å²) >= 11 is 0. The second-order valence-corrected chi connectivity index (χ2v) is 3.56. The van der Waals surface area contributed by atoms with Crippen molar-refractivity contribution in [1.29, 1.82) is 0 Å². The summed E-state index contributed by atoms with van der Waals surface area (Å²) in [5.74, 6) is -0.460. The van der Waals surface area contributed by atoms with E-state index >= 15 is 0 Å². The fourth-order valence-electron chi connectivity index (χ4n) is 1.49. The zero-order valence-corrected chi connectivity index (χ0v) is 8.22. The number of nitrogens with two attached hydrogens (primary N) is 1. The van der Waals surface area contributed by atoms with Crippen molar-refractivity contribution in [3.63, 3.8) is 0 Å². The van der Waals surface area contributed by atoms with E-state index in [9.17, 15) is 19.8 Å². The van der Waals surface area contributed by atoms with Crippen molar-refractivity contribution in [3.8, 4) is 0 Å². The summed E-state index contributed by atoms with van der Waals surface area (Å²) < 4.78 is 0. The monoisotopic (exact) mass is 217 g/mol. The molecule has 0 aromatic heterocycles. The van der Waals surface area contributed by atoms with E-state index in [2.05, 4.69) is 0 Å². The molecule has 2 unspecified atom stereocenters. The molecule has 86 valence electrons. The fraction of sp³-hybridized carbons (Fsp3) is 0.750. The van der Waals surface area contributed by atoms with Gasteiger partial charge in [-0.2, -0.15) is 0 Å². The molecule has 3 amide bonds. The van der Waals surface area contributed by atoms with Crippen LogP contribution in [0, 0.1) is 0 Å². The van der Waals surface area contributed by atoms with Crippen LogP contribution in [0.15, 0.2) is 0 Å². The van der Waals surface area contributed by atoms with Gasteiger partial charge in [0.2, 0.25) is 5.91 Å². The van der Waals surface area contributed by atoms with Crippen molar-refractivity contribution >= 4 is 11.9 Å². The number of amides is 3. The maximum atomic E-state index is 11.0. The van der Waals surface area contributed by atoms with E-state index in [0.717, 1.165) is 0 Å². The van der Waals surface area contributed by atoms with E-state index in [1.54, 1.807) is 4.90 Å². The van der Waals surface area contributed by atoms with Crippen molar-refractivity contribution in [2.45, 2.75) is 18.6 Å². The van der Waals surface area contributed by atoms with Crippen LogP contribution in [0.3, 0.4) is 0 Å². The Morgan fingerprint density at radius 1 is 1.33 bits per heavy atom. The summed E-state index contributed by atoms with van der Waals surface area (Å²) in [4.78, 5) is 23.1. The van der Waals surface area contributed by atoms with E-state index in [4.69, 9.17) is 5.73 Å². The maximum absolute atomic E-state index is 11.0. The van der Waals surface area contributed by atoms with Crippen LogP contribution >= 0.6 is 0 Å². The second kappa shape index (κ2) is 5.06. The smallest absolute Gasteiger partial charge is 0.318 e. The first-order chi connectivity index (χ1) is 6.99. The van der Waals surface area contributed by atoms with E-state index in [1.807, 2.05) is 5.32 Å². The molecule has 0 spiro atoms. The molecule has 0 aromatic rings. The Bertz CT molecular complexity index is 248. The van der Waals surface area contributed by atoms with E-state index in [0.29, 0.717) is 19.6 Å². The van der Waals surface area contributed by atoms with Gasteiger partial charge in [-0.3, -0.25) is 15.0 Å². The summed E-state index contributed by atoms with van der Waals surface area (Å²) in [6, 6.07) is -0.874. The average Bonchev–Trinajstić information content (AvgIpc) is 2.42. The van der Waals surface area contributed by atoms with Crippen LogP contribution in [0.2, 0.25) is 0 Å². The molecule has 15 heavy (non-hydrogen) atoms. The number of carbonyl (C=O) groups is 2. The highest BCUT2D eigenvalue weighted by Crippen LogP contribution is 2.09. The van der Waals surface area contributed by atoms with Crippen LogP contribution in [0.1, 0.15) is 6.42 Å². The lowest BCUT2D eigenvalue weighted by Gasteiger charge is -2.13. The number of hydrogen-bond acceptors (Lipinski definition) is 5. The second-order valence-electron chi connectivity index (χ2n) is 3.56. The molecule has 5 N–H and O–H groups in total. The van der Waals surface area contributed by atoms with Gasteiger partial charge in [-0.05, 0) is 0 Å². The van der Waals surface area contributed by atoms with Crippen LogP contribution in [-0.2, 0) is 4.79 Å². The SMILES string of the molecule is NC(=O)NC(=O)CCN1CC(O)C(O)C1. The van der Waals surface area contributed by atoms with Crippen LogP contribution in [0.25, 0.3) is 0 Å². The largest absolute Gasteiger partial charge is 0.389 e. The van der Waals surface area contributed by atoms with Crippen molar-refractivity contribution in [3.05, 3.63) is 0 Å². The van der Waals surface area contributed by atoms with E-state index in [1.165, 1.54) is 0 Å². The third kappa shape index (κ3) is 3.82. The summed E-state index contributed by atoms with van der Waals surface area (Å²) in [5.41, 5.74) is 4.76. The number of imide groups is 1. The predicted molar refractivity (Wildman–Crippen MR) is 50.8 cm³/mol. The molecule has 1 saturated heterocycles. The van der Waals surface area contributed by atoms with Crippen molar-refractivity contribution in [2.75, 3.05) is 19.6 Å². The number of carbonyl (C=O) groups excluding carboxylic acids is 2. The van der Waals surface area contributed by atoms with Crippen LogP contribution in [0.4, 0.5) is 4.79 Å². The van der Waals surface area contributed by atoms with Gasteiger partial charge < -0.3 is 15.9 Å². The van der Waals surface area contributed by atoms with Crippen molar-refractivity contribution in [2.24, 2.45) is 5.73 Å². The van der Waals surface area contributed by atoms with Gasteiger partial charge in [0, 0.05) is 26.1 Å². The lowest BCUT2D eigenvalue weighted by molar-refractivity contribution is -0.120. The third-order valence-electron chi connectivity index (χ3n) is 2.25. The minimum Gasteiger partial charge on any atom is -0.389 e. The number of hydrogen-bond donors (Lipinski definition) is 4. The molecule has 1 rings (SSSR count). The molecule has 1 aliphatic rings. The first-order valence-electron chi connectivity index (χ1n) is 4.67. The number of primary amides is 1. The first kappa shape index (κ1) is 11.9. The number of nitrogens with zero attached hydrogens (tertiary/aromatic N) is 1. The average molecular weight is 217 g/mol. The molecular formula is C8H15N3O4. The molecule has 0 aromatic carbocycles. The Hall–Kier alpha value is -1.18. The number of aliphatic hydroxyl groups excluding tert-OH is 2. The van der Waals surface area contributed by atoms with Crippen LogP contribution in [-0.4, -0.2) is 58.9 Å². The van der Waals surface area contributed by atoms with E-state index in [-0.39, 0.29) is 6.42 Å². The zero-order chi connectivity index (χ0) is 11.4. The van der Waals surface area contributed by atoms with Gasteiger partial charge in [-0.15, -0.1) is 0 Å². The Balaban J connectivity index is 2.21.